The van der Waals surface area contributed by atoms with Crippen molar-refractivity contribution in [2.45, 2.75) is 33.9 Å². The highest BCUT2D eigenvalue weighted by atomic mass is 79.9. The fourth-order valence-electron chi connectivity index (χ4n) is 2.00. The van der Waals surface area contributed by atoms with Crippen LogP contribution in [0.25, 0.3) is 0 Å². The Kier molecular flexibility index (Phi) is 5.15. The van der Waals surface area contributed by atoms with E-state index in [-0.39, 0.29) is 0 Å². The number of hydrogen-bond acceptors (Lipinski definition) is 2. The summed E-state index contributed by atoms with van der Waals surface area (Å²) in [5.74, 6) is 0. The summed E-state index contributed by atoms with van der Waals surface area (Å²) in [6, 6.07) is 3.95. The van der Waals surface area contributed by atoms with Crippen molar-refractivity contribution in [3.05, 3.63) is 43.1 Å². The molecular weight excluding hydrogens is 405 g/mol. The number of anilines is 1. The lowest BCUT2D eigenvalue weighted by molar-refractivity contribution is 0.622. The molecule has 0 aliphatic rings. The molecule has 0 aliphatic heterocycles. The Morgan fingerprint density at radius 1 is 1.30 bits per heavy atom. The summed E-state index contributed by atoms with van der Waals surface area (Å²) < 4.78 is 4.06. The van der Waals surface area contributed by atoms with Crippen LogP contribution in [0.4, 0.5) is 5.69 Å². The van der Waals surface area contributed by atoms with Gasteiger partial charge >= 0.3 is 0 Å². The Morgan fingerprint density at radius 3 is 2.65 bits per heavy atom. The molecule has 108 valence electrons. The van der Waals surface area contributed by atoms with Gasteiger partial charge in [0.1, 0.15) is 0 Å². The number of hydrogen-bond donors (Lipinski definition) is 1. The van der Waals surface area contributed by atoms with Crippen molar-refractivity contribution < 1.29 is 0 Å². The fraction of sp³-hybridized carbons (Fsp3) is 0.357. The van der Waals surface area contributed by atoms with Crippen molar-refractivity contribution in [1.82, 2.24) is 9.78 Å². The first-order chi connectivity index (χ1) is 9.43. The molecule has 0 saturated heterocycles. The second kappa shape index (κ2) is 6.50. The molecular formula is C14H16Br2ClN3. The molecule has 1 N–H and O–H groups in total. The van der Waals surface area contributed by atoms with Crippen molar-refractivity contribution in [2.24, 2.45) is 0 Å². The molecule has 0 saturated carbocycles. The zero-order valence-electron chi connectivity index (χ0n) is 11.6. The zero-order chi connectivity index (χ0) is 14.9. The minimum atomic E-state index is 0.688. The van der Waals surface area contributed by atoms with Crippen LogP contribution in [0.1, 0.15) is 23.9 Å². The summed E-state index contributed by atoms with van der Waals surface area (Å²) in [6.45, 7) is 7.61. The molecule has 0 unspecified atom stereocenters. The quantitative estimate of drug-likeness (QED) is 0.725. The minimum Gasteiger partial charge on any atom is -0.378 e. The largest absolute Gasteiger partial charge is 0.378 e. The average Bonchev–Trinajstić information content (AvgIpc) is 2.68. The SMILES string of the molecule is CCn1nc(C)c(Br)c1CNc1cc(Cl)c(C)cc1Br. The smallest absolute Gasteiger partial charge is 0.0739 e. The van der Waals surface area contributed by atoms with E-state index >= 15 is 0 Å². The third-order valence-electron chi connectivity index (χ3n) is 3.15. The molecule has 2 rings (SSSR count). The third kappa shape index (κ3) is 3.21. The summed E-state index contributed by atoms with van der Waals surface area (Å²) in [5, 5.41) is 8.65. The topological polar surface area (TPSA) is 29.9 Å². The maximum absolute atomic E-state index is 6.17. The first-order valence-electron chi connectivity index (χ1n) is 6.35. The first kappa shape index (κ1) is 15.9. The molecule has 20 heavy (non-hydrogen) atoms. The predicted octanol–water partition coefficient (Wildman–Crippen LogP) is 5.31. The highest BCUT2D eigenvalue weighted by Crippen LogP contribution is 2.30. The Labute approximate surface area is 141 Å². The molecule has 1 aromatic heterocycles. The summed E-state index contributed by atoms with van der Waals surface area (Å²) in [7, 11) is 0. The standard InChI is InChI=1S/C14H16Br2ClN3/c1-4-20-13(14(16)9(3)19-20)7-18-12-6-11(17)8(2)5-10(12)15/h5-6,18H,4,7H2,1-3H3. The molecule has 0 fully saturated rings. The van der Waals surface area contributed by atoms with Crippen molar-refractivity contribution in [1.29, 1.82) is 0 Å². The van der Waals surface area contributed by atoms with E-state index in [2.05, 4.69) is 49.2 Å². The third-order valence-corrected chi connectivity index (χ3v) is 5.24. The van der Waals surface area contributed by atoms with E-state index in [9.17, 15) is 0 Å². The van der Waals surface area contributed by atoms with Gasteiger partial charge in [0.25, 0.3) is 0 Å². The Bertz CT molecular complexity index is 638. The molecule has 6 heteroatoms. The van der Waals surface area contributed by atoms with Gasteiger partial charge in [-0.3, -0.25) is 4.68 Å². The molecule has 0 radical (unpaired) electrons. The van der Waals surface area contributed by atoms with Gasteiger partial charge in [-0.25, -0.2) is 0 Å². The lowest BCUT2D eigenvalue weighted by Crippen LogP contribution is -2.08. The summed E-state index contributed by atoms with van der Waals surface area (Å²) in [4.78, 5) is 0. The fourth-order valence-corrected chi connectivity index (χ4v) is 3.18. The maximum atomic E-state index is 6.17. The number of benzene rings is 1. The van der Waals surface area contributed by atoms with Gasteiger partial charge < -0.3 is 5.32 Å². The van der Waals surface area contributed by atoms with Gasteiger partial charge in [0.15, 0.2) is 0 Å². The maximum Gasteiger partial charge on any atom is 0.0739 e. The second-order valence-electron chi connectivity index (χ2n) is 4.60. The number of halogens is 3. The van der Waals surface area contributed by atoms with E-state index < -0.39 is 0 Å². The lowest BCUT2D eigenvalue weighted by Gasteiger charge is -2.12. The average molecular weight is 422 g/mol. The molecule has 2 aromatic rings. The Balaban J connectivity index is 2.23. The number of rotatable bonds is 4. The highest BCUT2D eigenvalue weighted by Gasteiger charge is 2.12. The van der Waals surface area contributed by atoms with E-state index in [4.69, 9.17) is 11.6 Å². The first-order valence-corrected chi connectivity index (χ1v) is 8.31. The van der Waals surface area contributed by atoms with Crippen molar-refractivity contribution in [2.75, 3.05) is 5.32 Å². The Morgan fingerprint density at radius 2 is 2.00 bits per heavy atom. The van der Waals surface area contributed by atoms with Crippen molar-refractivity contribution in [3.8, 4) is 0 Å². The van der Waals surface area contributed by atoms with Crippen LogP contribution in [0.15, 0.2) is 21.1 Å². The van der Waals surface area contributed by atoms with Crippen LogP contribution in [-0.2, 0) is 13.1 Å². The van der Waals surface area contributed by atoms with Gasteiger partial charge in [0.2, 0.25) is 0 Å². The molecule has 0 amide bonds. The lowest BCUT2D eigenvalue weighted by atomic mass is 10.2. The van der Waals surface area contributed by atoms with Gasteiger partial charge in [-0.2, -0.15) is 5.10 Å². The summed E-state index contributed by atoms with van der Waals surface area (Å²) in [5.41, 5.74) is 4.17. The van der Waals surface area contributed by atoms with Gasteiger partial charge in [-0.1, -0.05) is 11.6 Å². The van der Waals surface area contributed by atoms with Crippen molar-refractivity contribution >= 4 is 49.1 Å². The summed E-state index contributed by atoms with van der Waals surface area (Å²) in [6.07, 6.45) is 0. The van der Waals surface area contributed by atoms with E-state index in [0.717, 1.165) is 43.2 Å². The normalized spacial score (nSPS) is 10.9. The predicted molar refractivity (Wildman–Crippen MR) is 91.6 cm³/mol. The molecule has 0 atom stereocenters. The van der Waals surface area contributed by atoms with Crippen LogP contribution >= 0.6 is 43.5 Å². The van der Waals surface area contributed by atoms with Gasteiger partial charge in [-0.05, 0) is 70.3 Å². The minimum absolute atomic E-state index is 0.688. The van der Waals surface area contributed by atoms with Gasteiger partial charge in [0, 0.05) is 16.0 Å². The van der Waals surface area contributed by atoms with Crippen LogP contribution in [0.3, 0.4) is 0 Å². The van der Waals surface area contributed by atoms with E-state index in [1.807, 2.05) is 30.7 Å². The number of aryl methyl sites for hydroxylation is 3. The van der Waals surface area contributed by atoms with Crippen LogP contribution < -0.4 is 5.32 Å². The molecule has 0 bridgehead atoms. The van der Waals surface area contributed by atoms with Crippen LogP contribution in [0.2, 0.25) is 5.02 Å². The second-order valence-corrected chi connectivity index (χ2v) is 6.65. The molecule has 0 aliphatic carbocycles. The van der Waals surface area contributed by atoms with Crippen LogP contribution in [-0.4, -0.2) is 9.78 Å². The number of nitrogens with zero attached hydrogens (tertiary/aromatic N) is 2. The molecule has 3 nitrogen and oxygen atoms in total. The summed E-state index contributed by atoms with van der Waals surface area (Å²) >= 11 is 13.3. The highest BCUT2D eigenvalue weighted by molar-refractivity contribution is 9.11. The molecule has 0 spiro atoms. The molecule has 1 heterocycles. The van der Waals surface area contributed by atoms with Gasteiger partial charge in [-0.15, -0.1) is 0 Å². The van der Waals surface area contributed by atoms with Crippen LogP contribution in [0, 0.1) is 13.8 Å². The van der Waals surface area contributed by atoms with Gasteiger partial charge in [0.05, 0.1) is 28.1 Å². The monoisotopic (exact) mass is 419 g/mol. The van der Waals surface area contributed by atoms with Crippen molar-refractivity contribution in [3.63, 3.8) is 0 Å². The van der Waals surface area contributed by atoms with Crippen LogP contribution in [0.5, 0.6) is 0 Å². The zero-order valence-corrected chi connectivity index (χ0v) is 15.5. The van der Waals surface area contributed by atoms with E-state index in [1.165, 1.54) is 0 Å². The van der Waals surface area contributed by atoms with E-state index in [1.54, 1.807) is 0 Å². The molecule has 1 aromatic carbocycles. The number of aromatic nitrogens is 2. The Hall–Kier alpha value is -0.520. The van der Waals surface area contributed by atoms with E-state index in [0.29, 0.717) is 6.54 Å². The number of nitrogens with one attached hydrogen (secondary N) is 1.